The molecule has 0 unspecified atom stereocenters. The van der Waals surface area contributed by atoms with Crippen LogP contribution in [-0.2, 0) is 14.3 Å². The molecule has 1 aliphatic heterocycles. The van der Waals surface area contributed by atoms with Crippen LogP contribution in [0.5, 0.6) is 0 Å². The van der Waals surface area contributed by atoms with Crippen LogP contribution < -0.4 is 10.6 Å². The quantitative estimate of drug-likeness (QED) is 0.344. The summed E-state index contributed by atoms with van der Waals surface area (Å²) < 4.78 is 11.8. The van der Waals surface area contributed by atoms with Gasteiger partial charge in [-0.05, 0) is 31.2 Å². The number of para-hydroxylation sites is 1. The lowest BCUT2D eigenvalue weighted by atomic mass is 9.86. The van der Waals surface area contributed by atoms with Crippen LogP contribution in [-0.4, -0.2) is 29.2 Å². The standard InChI is InChI=1S/C24H20N4O4S2/c1-3-10-32-23(30)20-14(2)26-22(15(12-25)21(20)17-8-6-11-31-17)33-13-19(29)28-24-27-16-7-4-5-9-18(16)34-24/h3-9,11,21,26H,1,10,13H2,2H3,(H,27,28,29)/t21-/m1/s1. The molecule has 0 fully saturated rings. The number of nitriles is 1. The predicted molar refractivity (Wildman–Crippen MR) is 132 cm³/mol. The van der Waals surface area contributed by atoms with Crippen molar-refractivity contribution in [3.8, 4) is 6.07 Å². The molecule has 0 radical (unpaired) electrons. The van der Waals surface area contributed by atoms with Crippen LogP contribution in [0.15, 0.2) is 81.6 Å². The maximum atomic E-state index is 12.8. The number of benzene rings is 1. The number of nitrogens with zero attached hydrogens (tertiary/aromatic N) is 2. The lowest BCUT2D eigenvalue weighted by Gasteiger charge is -2.27. The molecule has 0 saturated carbocycles. The zero-order valence-electron chi connectivity index (χ0n) is 18.2. The number of hydrogen-bond acceptors (Lipinski definition) is 9. The van der Waals surface area contributed by atoms with Gasteiger partial charge in [0.1, 0.15) is 12.4 Å². The number of carbonyl (C=O) groups is 2. The fourth-order valence-electron chi connectivity index (χ4n) is 3.47. The molecule has 34 heavy (non-hydrogen) atoms. The summed E-state index contributed by atoms with van der Waals surface area (Å²) in [6, 6.07) is 13.2. The number of carbonyl (C=O) groups excluding carboxylic acids is 2. The van der Waals surface area contributed by atoms with E-state index in [1.165, 1.54) is 35.4 Å². The minimum Gasteiger partial charge on any atom is -0.468 e. The zero-order chi connectivity index (χ0) is 24.1. The minimum atomic E-state index is -0.756. The van der Waals surface area contributed by atoms with E-state index in [1.807, 2.05) is 24.3 Å². The van der Waals surface area contributed by atoms with Gasteiger partial charge < -0.3 is 19.8 Å². The van der Waals surface area contributed by atoms with Gasteiger partial charge in [-0.1, -0.05) is 47.9 Å². The Kier molecular flexibility index (Phi) is 7.15. The second-order valence-electron chi connectivity index (χ2n) is 7.18. The number of esters is 1. The van der Waals surface area contributed by atoms with E-state index in [4.69, 9.17) is 9.15 Å². The number of ether oxygens (including phenoxy) is 1. The van der Waals surface area contributed by atoms with Crippen molar-refractivity contribution in [2.45, 2.75) is 12.8 Å². The molecule has 3 aromatic rings. The fraction of sp³-hybridized carbons (Fsp3) is 0.167. The summed E-state index contributed by atoms with van der Waals surface area (Å²) in [5.41, 5.74) is 1.88. The van der Waals surface area contributed by atoms with Crippen LogP contribution in [0, 0.1) is 11.3 Å². The van der Waals surface area contributed by atoms with Crippen molar-refractivity contribution in [3.05, 3.63) is 82.9 Å². The molecule has 1 amide bonds. The van der Waals surface area contributed by atoms with Gasteiger partial charge in [0.05, 0.1) is 50.4 Å². The SMILES string of the molecule is C=CCOC(=O)C1=C(C)NC(SCC(=O)Nc2nc3ccccc3s2)=C(C#N)[C@@H]1c1ccco1. The summed E-state index contributed by atoms with van der Waals surface area (Å²) in [5.74, 6) is -1.12. The first kappa shape index (κ1) is 23.4. The van der Waals surface area contributed by atoms with Crippen LogP contribution >= 0.6 is 23.1 Å². The molecular weight excluding hydrogens is 472 g/mol. The Bertz CT molecular complexity index is 1320. The Balaban J connectivity index is 1.54. The normalized spacial score (nSPS) is 15.6. The number of dihydropyridines is 1. The average molecular weight is 493 g/mol. The molecule has 10 heteroatoms. The average Bonchev–Trinajstić information content (AvgIpc) is 3.50. The summed E-state index contributed by atoms with van der Waals surface area (Å²) in [4.78, 5) is 29.8. The van der Waals surface area contributed by atoms with E-state index in [9.17, 15) is 14.9 Å². The Morgan fingerprint density at radius 1 is 1.38 bits per heavy atom. The van der Waals surface area contributed by atoms with Gasteiger partial charge in [-0.3, -0.25) is 4.79 Å². The highest BCUT2D eigenvalue weighted by Crippen LogP contribution is 2.41. The monoisotopic (exact) mass is 492 g/mol. The number of amides is 1. The summed E-state index contributed by atoms with van der Waals surface area (Å²) in [7, 11) is 0. The lowest BCUT2D eigenvalue weighted by Crippen LogP contribution is -2.29. The number of thioether (sulfide) groups is 1. The number of furan rings is 1. The van der Waals surface area contributed by atoms with E-state index in [0.29, 0.717) is 21.6 Å². The number of thiazole rings is 1. The maximum absolute atomic E-state index is 12.8. The molecule has 8 nitrogen and oxygen atoms in total. The first-order chi connectivity index (χ1) is 16.5. The molecule has 0 saturated heterocycles. The molecule has 1 aliphatic rings. The molecule has 1 atom stereocenters. The van der Waals surface area contributed by atoms with Crippen LogP contribution in [0.2, 0.25) is 0 Å². The Morgan fingerprint density at radius 3 is 2.91 bits per heavy atom. The minimum absolute atomic E-state index is 0.0395. The van der Waals surface area contributed by atoms with Gasteiger partial charge in [-0.2, -0.15) is 5.26 Å². The molecule has 4 rings (SSSR count). The van der Waals surface area contributed by atoms with Gasteiger partial charge in [-0.25, -0.2) is 9.78 Å². The molecular formula is C24H20N4O4S2. The largest absolute Gasteiger partial charge is 0.468 e. The number of anilines is 1. The van der Waals surface area contributed by atoms with Crippen molar-refractivity contribution in [3.63, 3.8) is 0 Å². The van der Waals surface area contributed by atoms with Crippen molar-refractivity contribution in [1.82, 2.24) is 10.3 Å². The molecule has 0 aliphatic carbocycles. The number of rotatable bonds is 8. The van der Waals surface area contributed by atoms with Gasteiger partial charge in [-0.15, -0.1) is 0 Å². The van der Waals surface area contributed by atoms with E-state index < -0.39 is 11.9 Å². The molecule has 2 aromatic heterocycles. The van der Waals surface area contributed by atoms with Gasteiger partial charge >= 0.3 is 5.97 Å². The second kappa shape index (κ2) is 10.4. The number of nitrogens with one attached hydrogen (secondary N) is 2. The highest BCUT2D eigenvalue weighted by atomic mass is 32.2. The Morgan fingerprint density at radius 2 is 2.21 bits per heavy atom. The van der Waals surface area contributed by atoms with Gasteiger partial charge in [0, 0.05) is 5.70 Å². The molecule has 1 aromatic carbocycles. The third-order valence-electron chi connectivity index (χ3n) is 4.92. The zero-order valence-corrected chi connectivity index (χ0v) is 19.8. The number of fused-ring (bicyclic) bond motifs is 1. The van der Waals surface area contributed by atoms with Crippen molar-refractivity contribution in [2.75, 3.05) is 17.7 Å². The summed E-state index contributed by atoms with van der Waals surface area (Å²) in [5, 5.41) is 16.9. The maximum Gasteiger partial charge on any atom is 0.337 e. The highest BCUT2D eigenvalue weighted by Gasteiger charge is 2.37. The number of aromatic nitrogens is 1. The topological polar surface area (TPSA) is 117 Å². The third-order valence-corrected chi connectivity index (χ3v) is 6.88. The smallest absolute Gasteiger partial charge is 0.337 e. The number of hydrogen-bond donors (Lipinski definition) is 2. The van der Waals surface area contributed by atoms with E-state index in [2.05, 4.69) is 28.3 Å². The van der Waals surface area contributed by atoms with Crippen LogP contribution in [0.3, 0.4) is 0 Å². The Labute approximate surface area is 204 Å². The van der Waals surface area contributed by atoms with Crippen molar-refractivity contribution in [1.29, 1.82) is 5.26 Å². The number of allylic oxidation sites excluding steroid dienone is 2. The Hall–Kier alpha value is -3.81. The van der Waals surface area contributed by atoms with Gasteiger partial charge in [0.2, 0.25) is 5.91 Å². The van der Waals surface area contributed by atoms with Crippen molar-refractivity contribution < 1.29 is 18.7 Å². The van der Waals surface area contributed by atoms with E-state index in [0.717, 1.165) is 10.2 Å². The van der Waals surface area contributed by atoms with Crippen LogP contribution in [0.25, 0.3) is 10.2 Å². The first-order valence-electron chi connectivity index (χ1n) is 10.2. The van der Waals surface area contributed by atoms with Crippen molar-refractivity contribution >= 4 is 50.3 Å². The van der Waals surface area contributed by atoms with E-state index >= 15 is 0 Å². The third kappa shape index (κ3) is 4.90. The van der Waals surface area contributed by atoms with Gasteiger partial charge in [0.25, 0.3) is 0 Å². The fourth-order valence-corrected chi connectivity index (χ4v) is 5.24. The predicted octanol–water partition coefficient (Wildman–Crippen LogP) is 4.69. The van der Waals surface area contributed by atoms with Gasteiger partial charge in [0.15, 0.2) is 5.13 Å². The highest BCUT2D eigenvalue weighted by molar-refractivity contribution is 8.03. The second-order valence-corrected chi connectivity index (χ2v) is 9.19. The molecule has 3 heterocycles. The van der Waals surface area contributed by atoms with E-state index in [-0.39, 0.29) is 29.4 Å². The molecule has 172 valence electrons. The molecule has 0 bridgehead atoms. The molecule has 2 N–H and O–H groups in total. The van der Waals surface area contributed by atoms with Crippen LogP contribution in [0.4, 0.5) is 5.13 Å². The summed E-state index contributed by atoms with van der Waals surface area (Å²) in [6.45, 7) is 5.32. The first-order valence-corrected chi connectivity index (χ1v) is 12.0. The van der Waals surface area contributed by atoms with E-state index in [1.54, 1.807) is 19.1 Å². The lowest BCUT2D eigenvalue weighted by molar-refractivity contribution is -0.138. The summed E-state index contributed by atoms with van der Waals surface area (Å²) >= 11 is 2.56. The van der Waals surface area contributed by atoms with Crippen molar-refractivity contribution in [2.24, 2.45) is 0 Å². The van der Waals surface area contributed by atoms with Crippen LogP contribution in [0.1, 0.15) is 18.6 Å². The molecule has 0 spiro atoms. The summed E-state index contributed by atoms with van der Waals surface area (Å²) in [6.07, 6.45) is 2.95.